The maximum Gasteiger partial charge on any atom is 0.410 e. The Morgan fingerprint density at radius 2 is 1.89 bits per heavy atom. The van der Waals surface area contributed by atoms with Gasteiger partial charge in [0.2, 0.25) is 0 Å². The van der Waals surface area contributed by atoms with Crippen molar-refractivity contribution < 1.29 is 14.3 Å². The predicted octanol–water partition coefficient (Wildman–Crippen LogP) is 3.57. The van der Waals surface area contributed by atoms with Gasteiger partial charge in [-0.05, 0) is 42.7 Å². The molecule has 1 aromatic carbocycles. The summed E-state index contributed by atoms with van der Waals surface area (Å²) in [5, 5.41) is 3.05. The summed E-state index contributed by atoms with van der Waals surface area (Å²) in [7, 11) is 0. The van der Waals surface area contributed by atoms with Crippen molar-refractivity contribution in [2.24, 2.45) is 5.92 Å². The Morgan fingerprint density at radius 3 is 2.63 bits per heavy atom. The number of hydrogen-bond donors (Lipinski definition) is 1. The van der Waals surface area contributed by atoms with Crippen LogP contribution < -0.4 is 5.32 Å². The first-order chi connectivity index (χ1) is 13.1. The van der Waals surface area contributed by atoms with Crippen LogP contribution in [0.2, 0.25) is 0 Å². The van der Waals surface area contributed by atoms with E-state index in [-0.39, 0.29) is 18.2 Å². The van der Waals surface area contributed by atoms with E-state index >= 15 is 0 Å². The number of rotatable bonds is 4. The van der Waals surface area contributed by atoms with Gasteiger partial charge in [-0.3, -0.25) is 4.90 Å². The Morgan fingerprint density at radius 1 is 1.15 bits per heavy atom. The number of carbonyl (C=O) groups excluding carboxylic acids is 2. The van der Waals surface area contributed by atoms with E-state index in [1.54, 1.807) is 4.90 Å². The Balaban J connectivity index is 1.70. The zero-order chi connectivity index (χ0) is 19.2. The fourth-order valence-electron chi connectivity index (χ4n) is 3.80. The smallest absolute Gasteiger partial charge is 0.410 e. The molecule has 2 aliphatic heterocycles. The van der Waals surface area contributed by atoms with Crippen molar-refractivity contribution in [2.75, 3.05) is 32.8 Å². The highest BCUT2D eigenvalue weighted by Gasteiger charge is 2.32. The van der Waals surface area contributed by atoms with Gasteiger partial charge >= 0.3 is 12.1 Å². The SMILES string of the molecule is CC(C)COC(=O)N1CCc2ccccc2C1CNC(=O)N1CCCCC1. The number of benzene rings is 1. The van der Waals surface area contributed by atoms with Crippen molar-refractivity contribution in [2.45, 2.75) is 45.6 Å². The van der Waals surface area contributed by atoms with Crippen LogP contribution in [0.15, 0.2) is 24.3 Å². The minimum atomic E-state index is -0.296. The van der Waals surface area contributed by atoms with Crippen LogP contribution in [0, 0.1) is 5.92 Å². The molecule has 1 saturated heterocycles. The van der Waals surface area contributed by atoms with Crippen LogP contribution in [-0.2, 0) is 11.2 Å². The van der Waals surface area contributed by atoms with E-state index in [9.17, 15) is 9.59 Å². The molecule has 0 aromatic heterocycles. The summed E-state index contributed by atoms with van der Waals surface area (Å²) in [4.78, 5) is 28.8. The highest BCUT2D eigenvalue weighted by molar-refractivity contribution is 5.74. The molecule has 1 unspecified atom stereocenters. The lowest BCUT2D eigenvalue weighted by atomic mass is 9.93. The van der Waals surface area contributed by atoms with Gasteiger partial charge in [0.25, 0.3) is 0 Å². The monoisotopic (exact) mass is 373 g/mol. The Bertz CT molecular complexity index is 656. The third-order valence-electron chi connectivity index (χ3n) is 5.28. The van der Waals surface area contributed by atoms with E-state index in [0.717, 1.165) is 37.9 Å². The van der Waals surface area contributed by atoms with Gasteiger partial charge in [0.1, 0.15) is 0 Å². The largest absolute Gasteiger partial charge is 0.449 e. The molecule has 0 aliphatic carbocycles. The standard InChI is InChI=1S/C21H31N3O3/c1-16(2)15-27-21(26)24-13-10-17-8-4-5-9-18(17)19(24)14-22-20(25)23-11-6-3-7-12-23/h4-5,8-9,16,19H,3,6-7,10-15H2,1-2H3,(H,22,25). The van der Waals surface area contributed by atoms with E-state index < -0.39 is 0 Å². The third-order valence-corrected chi connectivity index (χ3v) is 5.28. The average molecular weight is 373 g/mol. The lowest BCUT2D eigenvalue weighted by Crippen LogP contribution is -2.49. The molecule has 0 bridgehead atoms. The zero-order valence-electron chi connectivity index (χ0n) is 16.4. The van der Waals surface area contributed by atoms with Crippen LogP contribution in [-0.4, -0.2) is 54.7 Å². The van der Waals surface area contributed by atoms with Crippen molar-refractivity contribution in [1.82, 2.24) is 15.1 Å². The van der Waals surface area contributed by atoms with Crippen molar-refractivity contribution in [3.63, 3.8) is 0 Å². The van der Waals surface area contributed by atoms with Crippen LogP contribution in [0.5, 0.6) is 0 Å². The van der Waals surface area contributed by atoms with E-state index in [1.165, 1.54) is 12.0 Å². The molecule has 1 atom stereocenters. The van der Waals surface area contributed by atoms with E-state index in [2.05, 4.69) is 17.4 Å². The quantitative estimate of drug-likeness (QED) is 0.878. The number of likely N-dealkylation sites (tertiary alicyclic amines) is 1. The molecule has 2 aliphatic rings. The van der Waals surface area contributed by atoms with Crippen LogP contribution >= 0.6 is 0 Å². The summed E-state index contributed by atoms with van der Waals surface area (Å²) in [6.45, 7) is 7.09. The highest BCUT2D eigenvalue weighted by Crippen LogP contribution is 2.30. The Hall–Kier alpha value is -2.24. The molecule has 1 N–H and O–H groups in total. The minimum absolute atomic E-state index is 0.0340. The average Bonchev–Trinajstić information content (AvgIpc) is 2.70. The van der Waals surface area contributed by atoms with Gasteiger partial charge in [0.15, 0.2) is 0 Å². The van der Waals surface area contributed by atoms with E-state index in [0.29, 0.717) is 25.6 Å². The Kier molecular flexibility index (Phi) is 6.58. The zero-order valence-corrected chi connectivity index (χ0v) is 16.4. The maximum atomic E-state index is 12.6. The summed E-state index contributed by atoms with van der Waals surface area (Å²) in [6, 6.07) is 7.94. The molecule has 148 valence electrons. The van der Waals surface area contributed by atoms with Gasteiger partial charge in [-0.25, -0.2) is 9.59 Å². The minimum Gasteiger partial charge on any atom is -0.449 e. The van der Waals surface area contributed by atoms with Crippen LogP contribution in [0.3, 0.4) is 0 Å². The molecular formula is C21H31N3O3. The van der Waals surface area contributed by atoms with Crippen LogP contribution in [0.4, 0.5) is 9.59 Å². The second-order valence-corrected chi connectivity index (χ2v) is 7.86. The van der Waals surface area contributed by atoms with Gasteiger partial charge in [-0.15, -0.1) is 0 Å². The summed E-state index contributed by atoms with van der Waals surface area (Å²) < 4.78 is 5.48. The molecule has 1 fully saturated rings. The summed E-state index contributed by atoms with van der Waals surface area (Å²) in [5.41, 5.74) is 2.34. The molecule has 27 heavy (non-hydrogen) atoms. The van der Waals surface area contributed by atoms with Gasteiger partial charge < -0.3 is 15.0 Å². The van der Waals surface area contributed by atoms with E-state index in [1.807, 2.05) is 30.9 Å². The predicted molar refractivity (Wildman–Crippen MR) is 105 cm³/mol. The van der Waals surface area contributed by atoms with Gasteiger partial charge in [-0.1, -0.05) is 38.1 Å². The number of carbonyl (C=O) groups is 2. The van der Waals surface area contributed by atoms with Crippen molar-refractivity contribution >= 4 is 12.1 Å². The molecule has 3 amide bonds. The maximum absolute atomic E-state index is 12.6. The molecule has 1 aromatic rings. The van der Waals surface area contributed by atoms with Crippen LogP contribution in [0.1, 0.15) is 50.3 Å². The first-order valence-electron chi connectivity index (χ1n) is 10.1. The molecule has 0 saturated carbocycles. The number of ether oxygens (including phenoxy) is 1. The number of urea groups is 1. The molecule has 2 heterocycles. The highest BCUT2D eigenvalue weighted by atomic mass is 16.6. The lowest BCUT2D eigenvalue weighted by molar-refractivity contribution is 0.0734. The third kappa shape index (κ3) is 4.93. The fraction of sp³-hybridized carbons (Fsp3) is 0.619. The number of nitrogens with zero attached hydrogens (tertiary/aromatic N) is 2. The first kappa shape index (κ1) is 19.5. The summed E-state index contributed by atoms with van der Waals surface area (Å²) >= 11 is 0. The normalized spacial score (nSPS) is 19.6. The fourth-order valence-corrected chi connectivity index (χ4v) is 3.80. The van der Waals surface area contributed by atoms with Crippen molar-refractivity contribution in [3.05, 3.63) is 35.4 Å². The molecule has 6 heteroatoms. The molecule has 3 rings (SSSR count). The summed E-state index contributed by atoms with van der Waals surface area (Å²) in [5.74, 6) is 0.295. The molecule has 0 spiro atoms. The van der Waals surface area contributed by atoms with Gasteiger partial charge in [-0.2, -0.15) is 0 Å². The number of piperidine rings is 1. The van der Waals surface area contributed by atoms with Crippen molar-refractivity contribution in [3.8, 4) is 0 Å². The second-order valence-electron chi connectivity index (χ2n) is 7.86. The van der Waals surface area contributed by atoms with Crippen LogP contribution in [0.25, 0.3) is 0 Å². The van der Waals surface area contributed by atoms with E-state index in [4.69, 9.17) is 4.74 Å². The second kappa shape index (κ2) is 9.11. The topological polar surface area (TPSA) is 61.9 Å². The molecule has 6 nitrogen and oxygen atoms in total. The number of amides is 3. The number of hydrogen-bond acceptors (Lipinski definition) is 3. The van der Waals surface area contributed by atoms with Gasteiger partial charge in [0, 0.05) is 26.2 Å². The summed E-state index contributed by atoms with van der Waals surface area (Å²) in [6.07, 6.45) is 3.83. The first-order valence-corrected chi connectivity index (χ1v) is 10.1. The van der Waals surface area contributed by atoms with Gasteiger partial charge in [0.05, 0.1) is 12.6 Å². The Labute approximate surface area is 161 Å². The molecule has 0 radical (unpaired) electrons. The lowest BCUT2D eigenvalue weighted by Gasteiger charge is -2.37. The van der Waals surface area contributed by atoms with Crippen molar-refractivity contribution in [1.29, 1.82) is 0 Å². The number of fused-ring (bicyclic) bond motifs is 1. The number of nitrogens with one attached hydrogen (secondary N) is 1. The molecular weight excluding hydrogens is 342 g/mol.